The molecule has 0 saturated heterocycles. The molecule has 1 N–H and O–H groups in total. The van der Waals surface area contributed by atoms with Gasteiger partial charge in [0.05, 0.1) is 12.7 Å². The third-order valence-electron chi connectivity index (χ3n) is 3.01. The smallest absolute Gasteiger partial charge is 0.244 e. The van der Waals surface area contributed by atoms with Gasteiger partial charge in [0.1, 0.15) is 4.90 Å². The maximum atomic E-state index is 12.4. The fourth-order valence-corrected chi connectivity index (χ4v) is 3.04. The summed E-state index contributed by atoms with van der Waals surface area (Å²) in [7, 11) is 1.79. The number of hydrogen-bond acceptors (Lipinski definition) is 4. The van der Waals surface area contributed by atoms with Crippen LogP contribution in [0.2, 0.25) is 0 Å². The Balaban J connectivity index is 2.79. The first-order valence-corrected chi connectivity index (χ1v) is 8.10. The van der Waals surface area contributed by atoms with Crippen LogP contribution in [0.15, 0.2) is 17.2 Å². The second-order valence-corrected chi connectivity index (χ2v) is 7.10. The molecule has 0 saturated carbocycles. The Morgan fingerprint density at radius 1 is 1.45 bits per heavy atom. The van der Waals surface area contributed by atoms with Crippen molar-refractivity contribution in [1.82, 2.24) is 14.2 Å². The summed E-state index contributed by atoms with van der Waals surface area (Å²) in [5.74, 6) is 0. The first kappa shape index (κ1) is 17.2. The van der Waals surface area contributed by atoms with Gasteiger partial charge in [-0.25, -0.2) is 8.42 Å². The fraction of sp³-hybridized carbons (Fsp3) is 0.692. The standard InChI is InChI=1S/C13H25N3O3S/c1-11(2)19-7-6-16(5)20(17,18)13-8-12(9-14-3)15(4)10-13/h8,10-11,14H,6-7,9H2,1-5H3. The molecule has 0 aliphatic carbocycles. The van der Waals surface area contributed by atoms with E-state index in [0.717, 1.165) is 5.69 Å². The summed E-state index contributed by atoms with van der Waals surface area (Å²) in [6, 6.07) is 1.70. The van der Waals surface area contributed by atoms with Gasteiger partial charge in [-0.15, -0.1) is 0 Å². The highest BCUT2D eigenvalue weighted by atomic mass is 32.2. The normalized spacial score (nSPS) is 12.6. The summed E-state index contributed by atoms with van der Waals surface area (Å²) in [5.41, 5.74) is 0.929. The number of hydrogen-bond donors (Lipinski definition) is 1. The van der Waals surface area contributed by atoms with Crippen molar-refractivity contribution >= 4 is 10.0 Å². The lowest BCUT2D eigenvalue weighted by Crippen LogP contribution is -2.30. The predicted molar refractivity (Wildman–Crippen MR) is 79.1 cm³/mol. The van der Waals surface area contributed by atoms with Crippen LogP contribution in [0.25, 0.3) is 0 Å². The Bertz CT molecular complexity index is 523. The Morgan fingerprint density at radius 2 is 2.10 bits per heavy atom. The second-order valence-electron chi connectivity index (χ2n) is 5.05. The van der Waals surface area contributed by atoms with E-state index in [9.17, 15) is 8.42 Å². The Labute approximate surface area is 121 Å². The minimum atomic E-state index is -3.45. The number of rotatable bonds is 8. The zero-order valence-corrected chi connectivity index (χ0v) is 13.7. The molecule has 0 radical (unpaired) electrons. The van der Waals surface area contributed by atoms with Crippen molar-refractivity contribution in [1.29, 1.82) is 0 Å². The molecule has 0 bridgehead atoms. The number of likely N-dealkylation sites (N-methyl/N-ethyl adjacent to an activating group) is 1. The van der Waals surface area contributed by atoms with Gasteiger partial charge in [-0.05, 0) is 27.0 Å². The number of aromatic nitrogens is 1. The minimum absolute atomic E-state index is 0.102. The van der Waals surface area contributed by atoms with Crippen LogP contribution >= 0.6 is 0 Å². The molecule has 0 atom stereocenters. The molecule has 1 aromatic heterocycles. The number of nitrogens with one attached hydrogen (secondary N) is 1. The van der Waals surface area contributed by atoms with Crippen molar-refractivity contribution in [2.24, 2.45) is 7.05 Å². The summed E-state index contributed by atoms with van der Waals surface area (Å²) in [5, 5.41) is 3.02. The lowest BCUT2D eigenvalue weighted by molar-refractivity contribution is 0.0737. The molecule has 20 heavy (non-hydrogen) atoms. The minimum Gasteiger partial charge on any atom is -0.377 e. The molecule has 0 aliphatic rings. The van der Waals surface area contributed by atoms with E-state index in [2.05, 4.69) is 5.32 Å². The lowest BCUT2D eigenvalue weighted by Gasteiger charge is -2.17. The van der Waals surface area contributed by atoms with E-state index in [1.807, 2.05) is 32.5 Å². The van der Waals surface area contributed by atoms with Gasteiger partial charge >= 0.3 is 0 Å². The molecule has 7 heteroatoms. The van der Waals surface area contributed by atoms with Crippen molar-refractivity contribution in [2.75, 3.05) is 27.2 Å². The Kier molecular flexibility index (Phi) is 6.19. The van der Waals surface area contributed by atoms with Gasteiger partial charge in [-0.3, -0.25) is 0 Å². The van der Waals surface area contributed by atoms with Gasteiger partial charge in [0.25, 0.3) is 0 Å². The van der Waals surface area contributed by atoms with Gasteiger partial charge in [0.15, 0.2) is 0 Å². The highest BCUT2D eigenvalue weighted by Gasteiger charge is 2.22. The Hall–Kier alpha value is -0.890. The van der Waals surface area contributed by atoms with E-state index in [-0.39, 0.29) is 6.10 Å². The van der Waals surface area contributed by atoms with E-state index in [4.69, 9.17) is 4.74 Å². The summed E-state index contributed by atoms with van der Waals surface area (Å²) in [6.45, 7) is 5.22. The van der Waals surface area contributed by atoms with Crippen LogP contribution < -0.4 is 5.32 Å². The Morgan fingerprint density at radius 3 is 2.65 bits per heavy atom. The van der Waals surface area contributed by atoms with E-state index in [1.165, 1.54) is 4.31 Å². The van der Waals surface area contributed by atoms with Gasteiger partial charge in [0, 0.05) is 39.1 Å². The molecule has 0 spiro atoms. The van der Waals surface area contributed by atoms with Gasteiger partial charge in [-0.1, -0.05) is 0 Å². The average Bonchev–Trinajstić information content (AvgIpc) is 2.71. The maximum Gasteiger partial charge on any atom is 0.244 e. The molecule has 1 heterocycles. The van der Waals surface area contributed by atoms with Crippen LogP contribution in [0.3, 0.4) is 0 Å². The third kappa shape index (κ3) is 4.31. The first-order chi connectivity index (χ1) is 9.28. The lowest BCUT2D eigenvalue weighted by atomic mass is 10.4. The number of sulfonamides is 1. The molecule has 1 rings (SSSR count). The van der Waals surface area contributed by atoms with E-state index < -0.39 is 10.0 Å². The van der Waals surface area contributed by atoms with Crippen LogP contribution in [0.4, 0.5) is 0 Å². The number of nitrogens with zero attached hydrogens (tertiary/aromatic N) is 2. The third-order valence-corrected chi connectivity index (χ3v) is 4.83. The summed E-state index contributed by atoms with van der Waals surface area (Å²) in [4.78, 5) is 0.317. The van der Waals surface area contributed by atoms with Crippen LogP contribution in [-0.2, 0) is 28.4 Å². The maximum absolute atomic E-state index is 12.4. The van der Waals surface area contributed by atoms with Gasteiger partial charge in [-0.2, -0.15) is 4.31 Å². The van der Waals surface area contributed by atoms with E-state index >= 15 is 0 Å². The van der Waals surface area contributed by atoms with E-state index in [0.29, 0.717) is 24.6 Å². The SMILES string of the molecule is CNCc1cc(S(=O)(=O)N(C)CCOC(C)C)cn1C. The number of aryl methyl sites for hydroxylation is 1. The van der Waals surface area contributed by atoms with Crippen molar-refractivity contribution < 1.29 is 13.2 Å². The van der Waals surface area contributed by atoms with Crippen molar-refractivity contribution in [3.63, 3.8) is 0 Å². The zero-order chi connectivity index (χ0) is 15.3. The quantitative estimate of drug-likeness (QED) is 0.771. The zero-order valence-electron chi connectivity index (χ0n) is 12.9. The van der Waals surface area contributed by atoms with Crippen LogP contribution in [0.1, 0.15) is 19.5 Å². The highest BCUT2D eigenvalue weighted by molar-refractivity contribution is 7.89. The fourth-order valence-electron chi connectivity index (χ4n) is 1.79. The molecule has 0 aliphatic heterocycles. The monoisotopic (exact) mass is 303 g/mol. The van der Waals surface area contributed by atoms with Crippen molar-refractivity contribution in [2.45, 2.75) is 31.4 Å². The molecule has 0 amide bonds. The molecule has 6 nitrogen and oxygen atoms in total. The molecule has 116 valence electrons. The highest BCUT2D eigenvalue weighted by Crippen LogP contribution is 2.17. The van der Waals surface area contributed by atoms with Gasteiger partial charge in [0.2, 0.25) is 10.0 Å². The predicted octanol–water partition coefficient (Wildman–Crippen LogP) is 0.790. The molecule has 0 aromatic carbocycles. The van der Waals surface area contributed by atoms with Crippen LogP contribution in [-0.4, -0.2) is 50.6 Å². The summed E-state index contributed by atoms with van der Waals surface area (Å²) < 4.78 is 33.4. The topological polar surface area (TPSA) is 63.6 Å². The van der Waals surface area contributed by atoms with Crippen LogP contribution in [0.5, 0.6) is 0 Å². The molecule has 1 aromatic rings. The second kappa shape index (κ2) is 7.21. The van der Waals surface area contributed by atoms with Crippen molar-refractivity contribution in [3.05, 3.63) is 18.0 Å². The summed E-state index contributed by atoms with van der Waals surface area (Å²) in [6.07, 6.45) is 1.74. The van der Waals surface area contributed by atoms with Gasteiger partial charge < -0.3 is 14.6 Å². The van der Waals surface area contributed by atoms with Crippen molar-refractivity contribution in [3.8, 4) is 0 Å². The molecule has 0 unspecified atom stereocenters. The first-order valence-electron chi connectivity index (χ1n) is 6.66. The molecular formula is C13H25N3O3S. The average molecular weight is 303 g/mol. The summed E-state index contributed by atoms with van der Waals surface area (Å²) >= 11 is 0. The number of ether oxygens (including phenoxy) is 1. The van der Waals surface area contributed by atoms with E-state index in [1.54, 1.807) is 19.3 Å². The largest absolute Gasteiger partial charge is 0.377 e. The molecule has 0 fully saturated rings. The van der Waals surface area contributed by atoms with Crippen LogP contribution in [0, 0.1) is 0 Å². The molecular weight excluding hydrogens is 278 g/mol.